The Kier molecular flexibility index (Phi) is 6.52. The Morgan fingerprint density at radius 1 is 1.22 bits per heavy atom. The number of nitrogens with one attached hydrogen (secondary N) is 1. The SMILES string of the molecule is COC(=O)c1sc2nc(CN3CCCC[C@@H]3C(=O)OC)ccc2c1NC(=O)c1ccco1. The minimum Gasteiger partial charge on any atom is -0.468 e. The van der Waals surface area contributed by atoms with Gasteiger partial charge in [0.05, 0.1) is 31.9 Å². The molecule has 4 heterocycles. The van der Waals surface area contributed by atoms with Crippen LogP contribution in [0.3, 0.4) is 0 Å². The van der Waals surface area contributed by atoms with E-state index >= 15 is 0 Å². The second-order valence-corrected chi connectivity index (χ2v) is 8.39. The molecule has 0 saturated carbocycles. The lowest BCUT2D eigenvalue weighted by molar-refractivity contribution is -0.148. The van der Waals surface area contributed by atoms with Gasteiger partial charge in [-0.05, 0) is 43.7 Å². The Hall–Kier alpha value is -3.24. The highest BCUT2D eigenvalue weighted by atomic mass is 32.1. The highest BCUT2D eigenvalue weighted by molar-refractivity contribution is 7.21. The molecule has 32 heavy (non-hydrogen) atoms. The minimum atomic E-state index is -0.564. The van der Waals surface area contributed by atoms with Gasteiger partial charge in [0.1, 0.15) is 15.7 Å². The number of ether oxygens (including phenoxy) is 2. The van der Waals surface area contributed by atoms with Gasteiger partial charge >= 0.3 is 11.9 Å². The van der Waals surface area contributed by atoms with Crippen molar-refractivity contribution in [3.05, 3.63) is 46.9 Å². The molecule has 3 aromatic heterocycles. The van der Waals surface area contributed by atoms with Gasteiger partial charge in [-0.1, -0.05) is 6.42 Å². The molecule has 10 heteroatoms. The summed E-state index contributed by atoms with van der Waals surface area (Å²) in [6, 6.07) is 6.51. The molecule has 168 valence electrons. The summed E-state index contributed by atoms with van der Waals surface area (Å²) in [5.41, 5.74) is 1.09. The molecule has 1 saturated heterocycles. The first-order chi connectivity index (χ1) is 15.5. The van der Waals surface area contributed by atoms with E-state index in [-0.39, 0.29) is 22.6 Å². The monoisotopic (exact) mass is 457 g/mol. The molecule has 4 rings (SSSR count). The Balaban J connectivity index is 1.64. The topological polar surface area (TPSA) is 111 Å². The Bertz CT molecular complexity index is 1140. The first kappa shape index (κ1) is 22.0. The molecule has 0 aliphatic carbocycles. The zero-order valence-electron chi connectivity index (χ0n) is 17.8. The van der Waals surface area contributed by atoms with E-state index in [0.29, 0.717) is 22.4 Å². The molecular weight excluding hydrogens is 434 g/mol. The zero-order chi connectivity index (χ0) is 22.7. The number of pyridine rings is 1. The summed E-state index contributed by atoms with van der Waals surface area (Å²) in [5, 5.41) is 3.37. The van der Waals surface area contributed by atoms with E-state index in [4.69, 9.17) is 18.9 Å². The second-order valence-electron chi connectivity index (χ2n) is 7.39. The lowest BCUT2D eigenvalue weighted by Gasteiger charge is -2.33. The van der Waals surface area contributed by atoms with Crippen LogP contribution >= 0.6 is 11.3 Å². The number of carbonyl (C=O) groups is 3. The van der Waals surface area contributed by atoms with Crippen LogP contribution in [0.5, 0.6) is 0 Å². The largest absolute Gasteiger partial charge is 0.468 e. The molecule has 1 aliphatic rings. The number of hydrogen-bond acceptors (Lipinski definition) is 9. The number of fused-ring (bicyclic) bond motifs is 1. The summed E-state index contributed by atoms with van der Waals surface area (Å²) >= 11 is 1.14. The number of carbonyl (C=O) groups excluding carboxylic acids is 3. The number of nitrogens with zero attached hydrogens (tertiary/aromatic N) is 2. The van der Waals surface area contributed by atoms with Crippen molar-refractivity contribution in [1.29, 1.82) is 0 Å². The summed E-state index contributed by atoms with van der Waals surface area (Å²) < 4.78 is 15.0. The van der Waals surface area contributed by atoms with Crippen LogP contribution < -0.4 is 5.32 Å². The average Bonchev–Trinajstić information content (AvgIpc) is 3.47. The molecule has 1 N–H and O–H groups in total. The highest BCUT2D eigenvalue weighted by Crippen LogP contribution is 2.36. The first-order valence-electron chi connectivity index (χ1n) is 10.2. The molecule has 1 aliphatic heterocycles. The van der Waals surface area contributed by atoms with E-state index in [1.165, 1.54) is 26.5 Å². The second kappa shape index (κ2) is 9.49. The Labute approximate surface area is 188 Å². The lowest BCUT2D eigenvalue weighted by atomic mass is 10.0. The average molecular weight is 458 g/mol. The van der Waals surface area contributed by atoms with Gasteiger partial charge < -0.3 is 19.2 Å². The maximum atomic E-state index is 12.5. The van der Waals surface area contributed by atoms with Gasteiger partial charge in [-0.2, -0.15) is 0 Å². The third-order valence-electron chi connectivity index (χ3n) is 5.42. The quantitative estimate of drug-likeness (QED) is 0.560. The number of thiophene rings is 1. The molecule has 0 unspecified atom stereocenters. The summed E-state index contributed by atoms with van der Waals surface area (Å²) in [6.45, 7) is 1.26. The van der Waals surface area contributed by atoms with Gasteiger partial charge in [-0.15, -0.1) is 11.3 Å². The molecule has 9 nitrogen and oxygen atoms in total. The summed E-state index contributed by atoms with van der Waals surface area (Å²) in [4.78, 5) is 44.6. The molecule has 0 spiro atoms. The third kappa shape index (κ3) is 4.37. The Morgan fingerprint density at radius 2 is 2.06 bits per heavy atom. The van der Waals surface area contributed by atoms with Gasteiger partial charge in [0.15, 0.2) is 5.76 Å². The smallest absolute Gasteiger partial charge is 0.350 e. The van der Waals surface area contributed by atoms with Crippen LogP contribution in [0.25, 0.3) is 10.2 Å². The number of amides is 1. The van der Waals surface area contributed by atoms with Crippen molar-refractivity contribution in [2.45, 2.75) is 31.8 Å². The fourth-order valence-corrected chi connectivity index (χ4v) is 4.91. The fourth-order valence-electron chi connectivity index (χ4n) is 3.84. The first-order valence-corrected chi connectivity index (χ1v) is 11.0. The van der Waals surface area contributed by atoms with E-state index in [1.54, 1.807) is 6.07 Å². The number of rotatable bonds is 6. The number of piperidine rings is 1. The number of furan rings is 1. The number of likely N-dealkylation sites (tertiary alicyclic amines) is 1. The van der Waals surface area contributed by atoms with E-state index in [0.717, 1.165) is 42.8 Å². The summed E-state index contributed by atoms with van der Waals surface area (Å²) in [6.07, 6.45) is 4.14. The molecule has 3 aromatic rings. The zero-order valence-corrected chi connectivity index (χ0v) is 18.6. The van der Waals surface area contributed by atoms with E-state index in [2.05, 4.69) is 10.2 Å². The van der Waals surface area contributed by atoms with Gasteiger partial charge in [-0.25, -0.2) is 9.78 Å². The number of aromatic nitrogens is 1. The van der Waals surface area contributed by atoms with Gasteiger partial charge in [0, 0.05) is 11.9 Å². The standard InChI is InChI=1S/C22H23N3O6S/c1-29-21(27)15-6-3-4-10-25(15)12-13-8-9-14-17(24-19(26)16-7-5-11-31-16)18(22(28)30-2)32-20(14)23-13/h5,7-9,11,15H,3-4,6,10,12H2,1-2H3,(H,24,26)/t15-/m1/s1. The predicted molar refractivity (Wildman–Crippen MR) is 118 cm³/mol. The molecule has 1 fully saturated rings. The van der Waals surface area contributed by atoms with Crippen molar-refractivity contribution in [2.75, 3.05) is 26.1 Å². The van der Waals surface area contributed by atoms with E-state index in [9.17, 15) is 14.4 Å². The molecule has 1 atom stereocenters. The van der Waals surface area contributed by atoms with Crippen molar-refractivity contribution in [1.82, 2.24) is 9.88 Å². The molecule has 0 bridgehead atoms. The number of hydrogen-bond donors (Lipinski definition) is 1. The molecule has 0 aromatic carbocycles. The third-order valence-corrected chi connectivity index (χ3v) is 6.50. The van der Waals surface area contributed by atoms with Crippen molar-refractivity contribution < 1.29 is 28.3 Å². The van der Waals surface area contributed by atoms with Crippen molar-refractivity contribution in [3.8, 4) is 0 Å². The molecular formula is C22H23N3O6S. The summed E-state index contributed by atoms with van der Waals surface area (Å²) in [7, 11) is 2.69. The van der Waals surface area contributed by atoms with Gasteiger partial charge in [0.25, 0.3) is 5.91 Å². The lowest BCUT2D eigenvalue weighted by Crippen LogP contribution is -2.44. The molecule has 1 amide bonds. The minimum absolute atomic E-state index is 0.128. The van der Waals surface area contributed by atoms with Crippen LogP contribution in [0.15, 0.2) is 34.9 Å². The van der Waals surface area contributed by atoms with Crippen molar-refractivity contribution in [3.63, 3.8) is 0 Å². The van der Waals surface area contributed by atoms with Crippen molar-refractivity contribution in [2.24, 2.45) is 0 Å². The fraction of sp³-hybridized carbons (Fsp3) is 0.364. The van der Waals surface area contributed by atoms with E-state index < -0.39 is 11.9 Å². The van der Waals surface area contributed by atoms with Gasteiger partial charge in [0.2, 0.25) is 0 Å². The molecule has 0 radical (unpaired) electrons. The van der Waals surface area contributed by atoms with Crippen molar-refractivity contribution >= 4 is 45.1 Å². The maximum Gasteiger partial charge on any atom is 0.350 e. The normalized spacial score (nSPS) is 16.6. The van der Waals surface area contributed by atoms with Gasteiger partial charge in [-0.3, -0.25) is 14.5 Å². The van der Waals surface area contributed by atoms with Crippen LogP contribution in [0.4, 0.5) is 5.69 Å². The number of methoxy groups -OCH3 is 2. The van der Waals surface area contributed by atoms with Crippen LogP contribution in [0.1, 0.15) is 45.2 Å². The Morgan fingerprint density at radius 3 is 2.78 bits per heavy atom. The number of anilines is 1. The van der Waals surface area contributed by atoms with E-state index in [1.807, 2.05) is 12.1 Å². The summed E-state index contributed by atoms with van der Waals surface area (Å²) in [5.74, 6) is -1.15. The van der Waals surface area contributed by atoms with Crippen LogP contribution in [-0.4, -0.2) is 54.5 Å². The number of esters is 2. The highest BCUT2D eigenvalue weighted by Gasteiger charge is 2.30. The predicted octanol–water partition coefficient (Wildman–Crippen LogP) is 3.46. The van der Waals surface area contributed by atoms with Crippen LogP contribution in [0, 0.1) is 0 Å². The van der Waals surface area contributed by atoms with Crippen LogP contribution in [0.2, 0.25) is 0 Å². The maximum absolute atomic E-state index is 12.5. The van der Waals surface area contributed by atoms with Crippen LogP contribution in [-0.2, 0) is 20.8 Å².